The number of hydrogen-bond acceptors (Lipinski definition) is 3. The highest BCUT2D eigenvalue weighted by molar-refractivity contribution is 7.99. The largest absolute Gasteiger partial charge is 0.396 e. The van der Waals surface area contributed by atoms with Crippen LogP contribution in [0.1, 0.15) is 17.3 Å². The van der Waals surface area contributed by atoms with E-state index in [1.165, 1.54) is 17.8 Å². The van der Waals surface area contributed by atoms with Crippen molar-refractivity contribution in [2.24, 2.45) is 5.92 Å². The molecule has 0 radical (unpaired) electrons. The van der Waals surface area contributed by atoms with Crippen LogP contribution >= 0.6 is 11.8 Å². The second-order valence-electron chi connectivity index (χ2n) is 3.82. The minimum Gasteiger partial charge on any atom is -0.396 e. The molecule has 94 valence electrons. The molecule has 0 heterocycles. The van der Waals surface area contributed by atoms with Crippen LogP contribution in [0.25, 0.3) is 0 Å². The van der Waals surface area contributed by atoms with Crippen molar-refractivity contribution >= 4 is 17.5 Å². The van der Waals surface area contributed by atoms with Crippen LogP contribution in [0.2, 0.25) is 0 Å². The lowest BCUT2D eigenvalue weighted by molar-refractivity contribution is 0.101. The fourth-order valence-corrected chi connectivity index (χ4v) is 2.20. The maximum absolute atomic E-state index is 13.2. The Morgan fingerprint density at radius 3 is 2.53 bits per heavy atom. The summed E-state index contributed by atoms with van der Waals surface area (Å²) in [6, 6.07) is 3.36. The van der Waals surface area contributed by atoms with E-state index in [0.29, 0.717) is 5.75 Å². The van der Waals surface area contributed by atoms with Crippen LogP contribution in [0.5, 0.6) is 0 Å². The van der Waals surface area contributed by atoms with E-state index < -0.39 is 23.0 Å². The molecule has 1 aromatic carbocycles. The minimum absolute atomic E-state index is 0.0161. The molecule has 5 heteroatoms. The van der Waals surface area contributed by atoms with Gasteiger partial charge in [0.15, 0.2) is 5.78 Å². The van der Waals surface area contributed by atoms with Crippen LogP contribution in [0, 0.1) is 17.6 Å². The zero-order valence-electron chi connectivity index (χ0n) is 9.45. The second kappa shape index (κ2) is 6.71. The molecule has 0 saturated heterocycles. The zero-order chi connectivity index (χ0) is 12.8. The summed E-state index contributed by atoms with van der Waals surface area (Å²) in [4.78, 5) is 11.6. The number of hydrogen-bond donors (Lipinski definition) is 1. The highest BCUT2D eigenvalue weighted by Gasteiger charge is 2.16. The van der Waals surface area contributed by atoms with Gasteiger partial charge in [-0.05, 0) is 23.8 Å². The van der Waals surface area contributed by atoms with Crippen LogP contribution in [-0.4, -0.2) is 29.0 Å². The van der Waals surface area contributed by atoms with Gasteiger partial charge in [-0.15, -0.1) is 0 Å². The first-order valence-electron chi connectivity index (χ1n) is 5.22. The number of halogens is 2. The molecular weight excluding hydrogens is 246 g/mol. The topological polar surface area (TPSA) is 37.3 Å². The molecule has 0 amide bonds. The van der Waals surface area contributed by atoms with Gasteiger partial charge in [0.25, 0.3) is 0 Å². The summed E-state index contributed by atoms with van der Waals surface area (Å²) in [6.45, 7) is 1.87. The quantitative estimate of drug-likeness (QED) is 0.799. The summed E-state index contributed by atoms with van der Waals surface area (Å²) in [7, 11) is 0. The molecule has 0 aliphatic rings. The lowest BCUT2D eigenvalue weighted by Gasteiger charge is -2.07. The van der Waals surface area contributed by atoms with E-state index in [1.807, 2.05) is 6.92 Å². The number of Topliss-reactive ketones (excluding diaryl/α,β-unsaturated/α-hetero) is 1. The van der Waals surface area contributed by atoms with Crippen molar-refractivity contribution in [1.82, 2.24) is 0 Å². The van der Waals surface area contributed by atoms with Gasteiger partial charge < -0.3 is 5.11 Å². The Kier molecular flexibility index (Phi) is 5.58. The van der Waals surface area contributed by atoms with E-state index in [4.69, 9.17) is 5.11 Å². The van der Waals surface area contributed by atoms with Crippen molar-refractivity contribution in [3.8, 4) is 0 Å². The predicted octanol–water partition coefficient (Wildman–Crippen LogP) is 2.51. The summed E-state index contributed by atoms with van der Waals surface area (Å²) in [6.07, 6.45) is 0. The molecule has 0 aliphatic heterocycles. The highest BCUT2D eigenvalue weighted by Crippen LogP contribution is 2.16. The number of ketones is 1. The van der Waals surface area contributed by atoms with E-state index in [0.717, 1.165) is 12.1 Å². The standard InChI is InChI=1S/C12H14F2O2S/c1-8(5-15)6-17-7-11(16)12-9(13)3-2-4-10(12)14/h2-4,8,15H,5-7H2,1H3. The third-order valence-corrected chi connectivity index (χ3v) is 3.46. The number of carbonyl (C=O) groups is 1. The van der Waals surface area contributed by atoms with E-state index in [-0.39, 0.29) is 18.3 Å². The lowest BCUT2D eigenvalue weighted by Crippen LogP contribution is -2.11. The molecule has 0 aliphatic carbocycles. The molecule has 0 aromatic heterocycles. The van der Waals surface area contributed by atoms with Crippen LogP contribution in [-0.2, 0) is 0 Å². The van der Waals surface area contributed by atoms with Gasteiger partial charge in [0.05, 0.1) is 11.3 Å². The van der Waals surface area contributed by atoms with Gasteiger partial charge in [-0.1, -0.05) is 13.0 Å². The number of thioether (sulfide) groups is 1. The first kappa shape index (κ1) is 14.1. The third-order valence-electron chi connectivity index (χ3n) is 2.19. The monoisotopic (exact) mass is 260 g/mol. The molecule has 0 spiro atoms. The van der Waals surface area contributed by atoms with Crippen molar-refractivity contribution in [3.63, 3.8) is 0 Å². The normalized spacial score (nSPS) is 12.5. The molecule has 0 bridgehead atoms. The predicted molar refractivity (Wildman–Crippen MR) is 64.3 cm³/mol. The van der Waals surface area contributed by atoms with Crippen molar-refractivity contribution in [3.05, 3.63) is 35.4 Å². The maximum Gasteiger partial charge on any atom is 0.178 e. The first-order valence-corrected chi connectivity index (χ1v) is 6.37. The van der Waals surface area contributed by atoms with Gasteiger partial charge in [-0.2, -0.15) is 11.8 Å². The molecule has 0 saturated carbocycles. The van der Waals surface area contributed by atoms with Gasteiger partial charge in [0, 0.05) is 6.61 Å². The number of rotatable bonds is 6. The van der Waals surface area contributed by atoms with Gasteiger partial charge >= 0.3 is 0 Å². The van der Waals surface area contributed by atoms with Crippen molar-refractivity contribution in [1.29, 1.82) is 0 Å². The fraction of sp³-hybridized carbons (Fsp3) is 0.417. The summed E-state index contributed by atoms with van der Waals surface area (Å²) in [5, 5.41) is 8.79. The molecule has 1 aromatic rings. The van der Waals surface area contributed by atoms with Gasteiger partial charge in [-0.3, -0.25) is 4.79 Å². The Balaban J connectivity index is 2.59. The average Bonchev–Trinajstić information content (AvgIpc) is 2.28. The van der Waals surface area contributed by atoms with E-state index >= 15 is 0 Å². The first-order chi connectivity index (χ1) is 8.06. The second-order valence-corrected chi connectivity index (χ2v) is 4.85. The number of aliphatic hydroxyl groups is 1. The molecule has 1 atom stereocenters. The number of benzene rings is 1. The maximum atomic E-state index is 13.2. The van der Waals surface area contributed by atoms with Gasteiger partial charge in [0.2, 0.25) is 0 Å². The van der Waals surface area contributed by atoms with E-state index in [1.54, 1.807) is 0 Å². The summed E-state index contributed by atoms with van der Waals surface area (Å²) in [5.74, 6) is -1.55. The van der Waals surface area contributed by atoms with Crippen LogP contribution in [0.15, 0.2) is 18.2 Å². The number of carbonyl (C=O) groups excluding carboxylic acids is 1. The molecule has 1 rings (SSSR count). The summed E-state index contributed by atoms with van der Waals surface area (Å²) >= 11 is 1.26. The Morgan fingerprint density at radius 1 is 1.41 bits per heavy atom. The molecule has 17 heavy (non-hydrogen) atoms. The van der Waals surface area contributed by atoms with Crippen LogP contribution in [0.4, 0.5) is 8.78 Å². The van der Waals surface area contributed by atoms with Crippen molar-refractivity contribution < 1.29 is 18.7 Å². The van der Waals surface area contributed by atoms with E-state index in [9.17, 15) is 13.6 Å². The van der Waals surface area contributed by atoms with Gasteiger partial charge in [-0.25, -0.2) is 8.78 Å². The Bertz CT molecular complexity index is 376. The SMILES string of the molecule is CC(CO)CSCC(=O)c1c(F)cccc1F. The summed E-state index contributed by atoms with van der Waals surface area (Å²) in [5.41, 5.74) is -0.475. The Morgan fingerprint density at radius 2 is 2.00 bits per heavy atom. The van der Waals surface area contributed by atoms with Crippen molar-refractivity contribution in [2.75, 3.05) is 18.1 Å². The number of aliphatic hydroxyl groups excluding tert-OH is 1. The van der Waals surface area contributed by atoms with Crippen LogP contribution < -0.4 is 0 Å². The zero-order valence-corrected chi connectivity index (χ0v) is 10.3. The summed E-state index contributed by atoms with van der Waals surface area (Å²) < 4.78 is 26.5. The van der Waals surface area contributed by atoms with E-state index in [2.05, 4.69) is 0 Å². The molecular formula is C12H14F2O2S. The molecule has 1 unspecified atom stereocenters. The van der Waals surface area contributed by atoms with Crippen molar-refractivity contribution in [2.45, 2.75) is 6.92 Å². The van der Waals surface area contributed by atoms with Crippen LogP contribution in [0.3, 0.4) is 0 Å². The fourth-order valence-electron chi connectivity index (χ4n) is 1.24. The minimum atomic E-state index is -0.828. The smallest absolute Gasteiger partial charge is 0.178 e. The highest BCUT2D eigenvalue weighted by atomic mass is 32.2. The third kappa shape index (κ3) is 4.09. The average molecular weight is 260 g/mol. The Labute approximate surface area is 103 Å². The molecule has 1 N–H and O–H groups in total. The van der Waals surface area contributed by atoms with Gasteiger partial charge in [0.1, 0.15) is 11.6 Å². The molecule has 0 fully saturated rings. The Hall–Kier alpha value is -0.940. The molecule has 2 nitrogen and oxygen atoms in total. The lowest BCUT2D eigenvalue weighted by atomic mass is 10.1.